The lowest BCUT2D eigenvalue weighted by atomic mass is 10.1. The van der Waals surface area contributed by atoms with E-state index in [0.717, 1.165) is 22.1 Å². The van der Waals surface area contributed by atoms with Crippen molar-refractivity contribution in [2.24, 2.45) is 0 Å². The lowest BCUT2D eigenvalue weighted by Gasteiger charge is -2.03. The zero-order valence-electron chi connectivity index (χ0n) is 13.7. The molecule has 124 valence electrons. The number of furan rings is 1. The minimum atomic E-state index is -0.305. The molecule has 2 aromatic carbocycles. The van der Waals surface area contributed by atoms with Gasteiger partial charge in [0.25, 0.3) is 11.8 Å². The first kappa shape index (κ1) is 15.1. The van der Waals surface area contributed by atoms with E-state index in [4.69, 9.17) is 8.83 Å². The molecule has 0 saturated carbocycles. The van der Waals surface area contributed by atoms with Crippen LogP contribution in [0.1, 0.15) is 21.9 Å². The number of carbonyl (C=O) groups excluding carboxylic acids is 1. The number of benzene rings is 2. The van der Waals surface area contributed by atoms with Gasteiger partial charge >= 0.3 is 6.01 Å². The molecular formula is C19H15N3O3. The van der Waals surface area contributed by atoms with E-state index in [-0.39, 0.29) is 11.9 Å². The first-order valence-electron chi connectivity index (χ1n) is 7.81. The molecule has 2 heterocycles. The van der Waals surface area contributed by atoms with Crippen molar-refractivity contribution >= 4 is 22.7 Å². The molecule has 0 bridgehead atoms. The molecule has 0 aliphatic rings. The maximum absolute atomic E-state index is 12.4. The highest BCUT2D eigenvalue weighted by atomic mass is 16.4. The van der Waals surface area contributed by atoms with Gasteiger partial charge in [0.2, 0.25) is 0 Å². The Balaban J connectivity index is 1.57. The molecule has 0 aliphatic carbocycles. The van der Waals surface area contributed by atoms with Crippen LogP contribution in [0.4, 0.5) is 6.01 Å². The minimum Gasteiger partial charge on any atom is -0.466 e. The highest BCUT2D eigenvalue weighted by Crippen LogP contribution is 2.26. The molecule has 4 aromatic rings. The summed E-state index contributed by atoms with van der Waals surface area (Å²) in [7, 11) is 0. The van der Waals surface area contributed by atoms with Gasteiger partial charge in [0.05, 0.1) is 5.56 Å². The summed E-state index contributed by atoms with van der Waals surface area (Å²) in [6, 6.07) is 15.2. The monoisotopic (exact) mass is 333 g/mol. The van der Waals surface area contributed by atoms with Gasteiger partial charge in [-0.3, -0.25) is 10.1 Å². The highest BCUT2D eigenvalue weighted by Gasteiger charge is 2.16. The van der Waals surface area contributed by atoms with Crippen molar-refractivity contribution in [1.82, 2.24) is 10.2 Å². The van der Waals surface area contributed by atoms with Crippen LogP contribution >= 0.6 is 0 Å². The molecule has 0 spiro atoms. The van der Waals surface area contributed by atoms with Gasteiger partial charge in [0.15, 0.2) is 0 Å². The number of hydrogen-bond acceptors (Lipinski definition) is 5. The maximum Gasteiger partial charge on any atom is 0.322 e. The Kier molecular flexibility index (Phi) is 3.57. The van der Waals surface area contributed by atoms with Gasteiger partial charge < -0.3 is 8.83 Å². The molecule has 1 amide bonds. The third-order valence-electron chi connectivity index (χ3n) is 3.93. The van der Waals surface area contributed by atoms with Crippen LogP contribution in [0.5, 0.6) is 0 Å². The summed E-state index contributed by atoms with van der Waals surface area (Å²) in [6.45, 7) is 3.66. The number of nitrogens with one attached hydrogen (secondary N) is 1. The van der Waals surface area contributed by atoms with E-state index in [1.165, 1.54) is 0 Å². The molecule has 0 fully saturated rings. The van der Waals surface area contributed by atoms with Crippen LogP contribution in [0, 0.1) is 13.8 Å². The summed E-state index contributed by atoms with van der Waals surface area (Å²) in [5.74, 6) is 1.45. The summed E-state index contributed by atoms with van der Waals surface area (Å²) in [5, 5.41) is 12.5. The predicted octanol–water partition coefficient (Wildman–Crippen LogP) is 4.35. The largest absolute Gasteiger partial charge is 0.466 e. The second-order valence-electron chi connectivity index (χ2n) is 5.76. The van der Waals surface area contributed by atoms with Crippen molar-refractivity contribution < 1.29 is 13.6 Å². The standard InChI is InChI=1S/C19H15N3O3/c1-11-9-16(12(2)24-11)18-21-22-19(25-18)20-17(23)15-8-7-13-5-3-4-6-14(13)10-15/h3-10H,1-2H3,(H,20,22,23). The Bertz CT molecular complexity index is 1080. The Labute approximate surface area is 143 Å². The van der Waals surface area contributed by atoms with Crippen molar-refractivity contribution in [3.63, 3.8) is 0 Å². The molecule has 6 heteroatoms. The number of anilines is 1. The number of rotatable bonds is 3. The smallest absolute Gasteiger partial charge is 0.322 e. The number of aromatic nitrogens is 2. The van der Waals surface area contributed by atoms with Gasteiger partial charge in [-0.1, -0.05) is 35.4 Å². The van der Waals surface area contributed by atoms with Crippen LogP contribution in [0.25, 0.3) is 22.2 Å². The van der Waals surface area contributed by atoms with E-state index in [2.05, 4.69) is 15.5 Å². The van der Waals surface area contributed by atoms with E-state index >= 15 is 0 Å². The number of carbonyl (C=O) groups is 1. The predicted molar refractivity (Wildman–Crippen MR) is 93.4 cm³/mol. The zero-order valence-corrected chi connectivity index (χ0v) is 13.7. The van der Waals surface area contributed by atoms with Crippen LogP contribution < -0.4 is 5.32 Å². The lowest BCUT2D eigenvalue weighted by molar-refractivity contribution is 0.102. The third kappa shape index (κ3) is 2.89. The maximum atomic E-state index is 12.4. The lowest BCUT2D eigenvalue weighted by Crippen LogP contribution is -2.12. The first-order chi connectivity index (χ1) is 12.1. The van der Waals surface area contributed by atoms with Gasteiger partial charge in [-0.15, -0.1) is 5.10 Å². The molecular weight excluding hydrogens is 318 g/mol. The van der Waals surface area contributed by atoms with Crippen molar-refractivity contribution in [2.45, 2.75) is 13.8 Å². The Morgan fingerprint density at radius 3 is 2.52 bits per heavy atom. The van der Waals surface area contributed by atoms with Crippen LogP contribution in [0.2, 0.25) is 0 Å². The number of hydrogen-bond donors (Lipinski definition) is 1. The molecule has 6 nitrogen and oxygen atoms in total. The quantitative estimate of drug-likeness (QED) is 0.603. The van der Waals surface area contributed by atoms with Crippen molar-refractivity contribution in [2.75, 3.05) is 5.32 Å². The van der Waals surface area contributed by atoms with E-state index < -0.39 is 0 Å². The molecule has 0 radical (unpaired) electrons. The molecule has 4 rings (SSSR count). The van der Waals surface area contributed by atoms with Gasteiger partial charge in [0.1, 0.15) is 11.5 Å². The SMILES string of the molecule is Cc1cc(-c2nnc(NC(=O)c3ccc4ccccc4c3)o2)c(C)o1. The molecule has 0 unspecified atom stereocenters. The summed E-state index contributed by atoms with van der Waals surface area (Å²) < 4.78 is 11.0. The van der Waals surface area contributed by atoms with Crippen LogP contribution in [-0.4, -0.2) is 16.1 Å². The van der Waals surface area contributed by atoms with E-state index in [0.29, 0.717) is 17.2 Å². The Hall–Kier alpha value is -3.41. The van der Waals surface area contributed by atoms with Crippen LogP contribution in [-0.2, 0) is 0 Å². The molecule has 2 aromatic heterocycles. The molecule has 0 aliphatic heterocycles. The highest BCUT2D eigenvalue weighted by molar-refractivity contribution is 6.05. The van der Waals surface area contributed by atoms with Crippen molar-refractivity contribution in [3.05, 3.63) is 65.6 Å². The van der Waals surface area contributed by atoms with Crippen molar-refractivity contribution in [1.29, 1.82) is 0 Å². The summed E-state index contributed by atoms with van der Waals surface area (Å²) in [6.07, 6.45) is 0. The Morgan fingerprint density at radius 2 is 1.76 bits per heavy atom. The molecule has 0 saturated heterocycles. The number of amides is 1. The number of aryl methyl sites for hydroxylation is 2. The average molecular weight is 333 g/mol. The van der Waals surface area contributed by atoms with Gasteiger partial charge in [0, 0.05) is 5.56 Å². The normalized spacial score (nSPS) is 11.0. The summed E-state index contributed by atoms with van der Waals surface area (Å²) >= 11 is 0. The second kappa shape index (κ2) is 5.90. The number of nitrogens with zero attached hydrogens (tertiary/aromatic N) is 2. The second-order valence-corrected chi connectivity index (χ2v) is 5.76. The van der Waals surface area contributed by atoms with Crippen molar-refractivity contribution in [3.8, 4) is 11.5 Å². The van der Waals surface area contributed by atoms with Crippen LogP contribution in [0.3, 0.4) is 0 Å². The average Bonchev–Trinajstić information content (AvgIpc) is 3.20. The fourth-order valence-corrected chi connectivity index (χ4v) is 2.73. The fraction of sp³-hybridized carbons (Fsp3) is 0.105. The Morgan fingerprint density at radius 1 is 0.960 bits per heavy atom. The van der Waals surface area contributed by atoms with Gasteiger partial charge in [-0.2, -0.15) is 0 Å². The first-order valence-corrected chi connectivity index (χ1v) is 7.81. The van der Waals surface area contributed by atoms with Crippen LogP contribution in [0.15, 0.2) is 57.4 Å². The van der Waals surface area contributed by atoms with E-state index in [9.17, 15) is 4.79 Å². The minimum absolute atomic E-state index is 0.0476. The third-order valence-corrected chi connectivity index (χ3v) is 3.93. The van der Waals surface area contributed by atoms with E-state index in [1.54, 1.807) is 6.07 Å². The zero-order chi connectivity index (χ0) is 17.4. The van der Waals surface area contributed by atoms with Gasteiger partial charge in [-0.05, 0) is 42.8 Å². The molecule has 25 heavy (non-hydrogen) atoms. The summed E-state index contributed by atoms with van der Waals surface area (Å²) in [4.78, 5) is 12.4. The molecule has 0 atom stereocenters. The topological polar surface area (TPSA) is 81.2 Å². The molecule has 1 N–H and O–H groups in total. The summed E-state index contributed by atoms with van der Waals surface area (Å²) in [5.41, 5.74) is 1.24. The van der Waals surface area contributed by atoms with E-state index in [1.807, 2.05) is 56.3 Å². The van der Waals surface area contributed by atoms with Gasteiger partial charge in [-0.25, -0.2) is 0 Å². The fourth-order valence-electron chi connectivity index (χ4n) is 2.73. The number of fused-ring (bicyclic) bond motifs is 1.